The van der Waals surface area contributed by atoms with E-state index in [2.05, 4.69) is 5.32 Å². The minimum absolute atomic E-state index is 0.162. The van der Waals surface area contributed by atoms with Crippen molar-refractivity contribution in [3.63, 3.8) is 0 Å². The molecular formula is C19H21N3O2. The molecule has 0 aliphatic heterocycles. The van der Waals surface area contributed by atoms with Crippen LogP contribution in [0.1, 0.15) is 28.4 Å². The molecule has 0 radical (unpaired) electrons. The molecule has 5 nitrogen and oxygen atoms in total. The van der Waals surface area contributed by atoms with Gasteiger partial charge in [0.1, 0.15) is 0 Å². The van der Waals surface area contributed by atoms with Gasteiger partial charge in [-0.05, 0) is 30.5 Å². The lowest BCUT2D eigenvalue weighted by Gasteiger charge is -2.09. The maximum absolute atomic E-state index is 12.8. The molecule has 1 N–H and O–H groups in total. The number of anilines is 1. The fourth-order valence-corrected chi connectivity index (χ4v) is 3.22. The van der Waals surface area contributed by atoms with Crippen LogP contribution in [0.15, 0.2) is 41.5 Å². The van der Waals surface area contributed by atoms with Gasteiger partial charge >= 0.3 is 0 Å². The third-order valence-corrected chi connectivity index (χ3v) is 4.37. The molecule has 0 aliphatic rings. The first-order chi connectivity index (χ1) is 11.4. The molecule has 24 heavy (non-hydrogen) atoms. The lowest BCUT2D eigenvalue weighted by atomic mass is 10.1. The van der Waals surface area contributed by atoms with Crippen LogP contribution in [-0.4, -0.2) is 15.0 Å². The first kappa shape index (κ1) is 16.1. The largest absolute Gasteiger partial charge is 0.349 e. The Morgan fingerprint density at radius 1 is 1.12 bits per heavy atom. The Hall–Kier alpha value is -2.82. The number of fused-ring (bicyclic) bond motifs is 1. The van der Waals surface area contributed by atoms with E-state index in [1.165, 1.54) is 4.57 Å². The number of rotatable bonds is 3. The van der Waals surface area contributed by atoms with Gasteiger partial charge in [-0.1, -0.05) is 25.1 Å². The van der Waals surface area contributed by atoms with Crippen LogP contribution in [0, 0.1) is 6.92 Å². The second-order valence-electron chi connectivity index (χ2n) is 6.07. The number of hydrogen-bond donors (Lipinski definition) is 1. The minimum Gasteiger partial charge on any atom is -0.349 e. The molecule has 1 amide bonds. The van der Waals surface area contributed by atoms with Crippen molar-refractivity contribution in [2.24, 2.45) is 14.1 Å². The predicted molar refractivity (Wildman–Crippen MR) is 96.7 cm³/mol. The minimum atomic E-state index is -0.260. The third kappa shape index (κ3) is 2.52. The van der Waals surface area contributed by atoms with Gasteiger partial charge < -0.3 is 14.5 Å². The van der Waals surface area contributed by atoms with Gasteiger partial charge in [0, 0.05) is 32.2 Å². The van der Waals surface area contributed by atoms with Gasteiger partial charge in [-0.25, -0.2) is 0 Å². The molecular weight excluding hydrogens is 302 g/mol. The fourth-order valence-electron chi connectivity index (χ4n) is 3.22. The molecule has 5 heteroatoms. The maximum Gasteiger partial charge on any atom is 0.260 e. The van der Waals surface area contributed by atoms with Gasteiger partial charge in [0.25, 0.3) is 11.5 Å². The van der Waals surface area contributed by atoms with Crippen LogP contribution in [0.3, 0.4) is 0 Å². The standard InChI is InChI=1S/C19H21N3O2/c1-5-13-8-6-7-9-15(13)20-18(23)14-11-21(3)17-12(2)10-22(4)19(24)16(14)17/h6-11H,5H2,1-4H3,(H,20,23). The van der Waals surface area contributed by atoms with Crippen molar-refractivity contribution in [1.82, 2.24) is 9.13 Å². The number of benzene rings is 1. The Kier molecular flexibility index (Phi) is 4.01. The highest BCUT2D eigenvalue weighted by Gasteiger charge is 2.19. The Balaban J connectivity index is 2.13. The molecule has 2 aromatic heterocycles. The Bertz CT molecular complexity index is 996. The summed E-state index contributed by atoms with van der Waals surface area (Å²) in [4.78, 5) is 25.4. The van der Waals surface area contributed by atoms with Crippen LogP contribution >= 0.6 is 0 Å². The Morgan fingerprint density at radius 3 is 2.54 bits per heavy atom. The maximum atomic E-state index is 12.8. The summed E-state index contributed by atoms with van der Waals surface area (Å²) in [6.45, 7) is 3.98. The molecule has 0 fully saturated rings. The molecule has 1 aromatic carbocycles. The zero-order valence-electron chi connectivity index (χ0n) is 14.4. The molecule has 2 heterocycles. The van der Waals surface area contributed by atoms with E-state index in [0.29, 0.717) is 10.9 Å². The number of nitrogens with one attached hydrogen (secondary N) is 1. The smallest absolute Gasteiger partial charge is 0.260 e. The number of carbonyl (C=O) groups excluding carboxylic acids is 1. The normalized spacial score (nSPS) is 11.0. The van der Waals surface area contributed by atoms with Crippen LogP contribution in [0.5, 0.6) is 0 Å². The van der Waals surface area contributed by atoms with Crippen molar-refractivity contribution in [1.29, 1.82) is 0 Å². The summed E-state index contributed by atoms with van der Waals surface area (Å²) in [5, 5.41) is 3.41. The van der Waals surface area contributed by atoms with E-state index in [9.17, 15) is 9.59 Å². The Morgan fingerprint density at radius 2 is 1.83 bits per heavy atom. The van der Waals surface area contributed by atoms with Crippen LogP contribution in [-0.2, 0) is 20.5 Å². The zero-order chi connectivity index (χ0) is 17.4. The molecule has 3 aromatic rings. The van der Waals surface area contributed by atoms with Crippen molar-refractivity contribution in [2.75, 3.05) is 5.32 Å². The summed E-state index contributed by atoms with van der Waals surface area (Å²) >= 11 is 0. The number of para-hydroxylation sites is 1. The molecule has 0 saturated heterocycles. The SMILES string of the molecule is CCc1ccccc1NC(=O)c1cn(C)c2c(C)cn(C)c(=O)c12. The van der Waals surface area contributed by atoms with Crippen LogP contribution in [0.2, 0.25) is 0 Å². The van der Waals surface area contributed by atoms with Crippen LogP contribution in [0.25, 0.3) is 10.9 Å². The molecule has 0 aliphatic carbocycles. The molecule has 124 valence electrons. The quantitative estimate of drug-likeness (QED) is 0.805. The highest BCUT2D eigenvalue weighted by atomic mass is 16.2. The number of aromatic nitrogens is 2. The monoisotopic (exact) mass is 323 g/mol. The zero-order valence-corrected chi connectivity index (χ0v) is 14.4. The summed E-state index contributed by atoms with van der Waals surface area (Å²) in [5.41, 5.74) is 3.85. The first-order valence-electron chi connectivity index (χ1n) is 7.98. The number of nitrogens with zero attached hydrogens (tertiary/aromatic N) is 2. The highest BCUT2D eigenvalue weighted by molar-refractivity contribution is 6.13. The summed E-state index contributed by atoms with van der Waals surface area (Å²) in [6, 6.07) is 7.71. The topological polar surface area (TPSA) is 56.0 Å². The van der Waals surface area contributed by atoms with E-state index in [-0.39, 0.29) is 11.5 Å². The predicted octanol–water partition coefficient (Wildman–Crippen LogP) is 3.00. The molecule has 0 bridgehead atoms. The van der Waals surface area contributed by atoms with Gasteiger partial charge in [-0.2, -0.15) is 0 Å². The Labute approximate surface area is 140 Å². The van der Waals surface area contributed by atoms with E-state index in [4.69, 9.17) is 0 Å². The fraction of sp³-hybridized carbons (Fsp3) is 0.263. The average molecular weight is 323 g/mol. The van der Waals surface area contributed by atoms with E-state index in [0.717, 1.165) is 28.8 Å². The van der Waals surface area contributed by atoms with E-state index < -0.39 is 0 Å². The third-order valence-electron chi connectivity index (χ3n) is 4.37. The lowest BCUT2D eigenvalue weighted by molar-refractivity contribution is 0.102. The molecule has 0 atom stereocenters. The molecule has 0 unspecified atom stereocenters. The summed E-state index contributed by atoms with van der Waals surface area (Å²) in [5.74, 6) is -0.260. The number of amides is 1. The molecule has 0 spiro atoms. The van der Waals surface area contributed by atoms with Gasteiger partial charge in [-0.3, -0.25) is 9.59 Å². The van der Waals surface area contributed by atoms with Crippen molar-refractivity contribution < 1.29 is 4.79 Å². The summed E-state index contributed by atoms with van der Waals surface area (Å²) < 4.78 is 3.36. The molecule has 3 rings (SSSR count). The van der Waals surface area contributed by atoms with E-state index >= 15 is 0 Å². The number of pyridine rings is 1. The second-order valence-corrected chi connectivity index (χ2v) is 6.07. The number of aryl methyl sites for hydroxylation is 4. The highest BCUT2D eigenvalue weighted by Crippen LogP contribution is 2.23. The van der Waals surface area contributed by atoms with Crippen molar-refractivity contribution in [3.05, 3.63) is 63.7 Å². The van der Waals surface area contributed by atoms with Gasteiger partial charge in [0.05, 0.1) is 16.5 Å². The van der Waals surface area contributed by atoms with Crippen molar-refractivity contribution in [3.8, 4) is 0 Å². The average Bonchev–Trinajstić information content (AvgIpc) is 2.91. The second kappa shape index (κ2) is 6.00. The van der Waals surface area contributed by atoms with Crippen molar-refractivity contribution >= 4 is 22.5 Å². The molecule has 0 saturated carbocycles. The van der Waals surface area contributed by atoms with Crippen LogP contribution in [0.4, 0.5) is 5.69 Å². The summed E-state index contributed by atoms with van der Waals surface area (Å²) in [7, 11) is 3.56. The van der Waals surface area contributed by atoms with Crippen molar-refractivity contribution in [2.45, 2.75) is 20.3 Å². The summed E-state index contributed by atoms with van der Waals surface area (Å²) in [6.07, 6.45) is 4.34. The van der Waals surface area contributed by atoms with Gasteiger partial charge in [0.2, 0.25) is 0 Å². The number of carbonyl (C=O) groups is 1. The number of hydrogen-bond acceptors (Lipinski definition) is 2. The van der Waals surface area contributed by atoms with Gasteiger partial charge in [-0.15, -0.1) is 0 Å². The van der Waals surface area contributed by atoms with Gasteiger partial charge in [0.15, 0.2) is 0 Å². The first-order valence-corrected chi connectivity index (χ1v) is 7.98. The van der Waals surface area contributed by atoms with Crippen LogP contribution < -0.4 is 10.9 Å². The lowest BCUT2D eigenvalue weighted by Crippen LogP contribution is -2.20. The van der Waals surface area contributed by atoms with E-state index in [1.54, 1.807) is 19.4 Å². The van der Waals surface area contributed by atoms with E-state index in [1.807, 2.05) is 49.7 Å².